The maximum atomic E-state index is 12.7. The molecule has 38 heavy (non-hydrogen) atoms. The summed E-state index contributed by atoms with van der Waals surface area (Å²) in [5.41, 5.74) is 4.64. The standard InChI is InChI=1S/C29H33NO8/c1-34-26-24(16-19-12-13-23(31)20-10-7-11-21(20)25(19)27(26)35-2)37-15-14-22(28(32)36-3)30-29(33)38-17-18-8-5-4-6-9-18/h4-6,8-9,16,22H,7,10-15,17H2,1-3H3,(H,30,33). The zero-order chi connectivity index (χ0) is 27.1. The molecule has 1 amide bonds. The Kier molecular flexibility index (Phi) is 8.89. The molecule has 1 atom stereocenters. The van der Waals surface area contributed by atoms with Crippen molar-refractivity contribution < 1.29 is 38.1 Å². The van der Waals surface area contributed by atoms with Crippen molar-refractivity contribution in [1.29, 1.82) is 0 Å². The molecule has 0 saturated heterocycles. The lowest BCUT2D eigenvalue weighted by molar-refractivity contribution is -0.143. The fourth-order valence-corrected chi connectivity index (χ4v) is 5.00. The van der Waals surface area contributed by atoms with E-state index in [4.69, 9.17) is 23.7 Å². The number of ether oxygens (including phenoxy) is 5. The first kappa shape index (κ1) is 27.0. The lowest BCUT2D eigenvalue weighted by Crippen LogP contribution is -2.42. The number of carbonyl (C=O) groups is 3. The molecule has 1 unspecified atom stereocenters. The van der Waals surface area contributed by atoms with Gasteiger partial charge in [-0.15, -0.1) is 0 Å². The van der Waals surface area contributed by atoms with Crippen LogP contribution >= 0.6 is 0 Å². The number of Topliss-reactive ketones (excluding diaryl/α,β-unsaturated/α-hetero) is 1. The van der Waals surface area contributed by atoms with Crippen LogP contribution in [0.25, 0.3) is 5.57 Å². The molecule has 0 bridgehead atoms. The average Bonchev–Trinajstić information content (AvgIpc) is 3.38. The fraction of sp³-hybridized carbons (Fsp3) is 0.414. The zero-order valence-corrected chi connectivity index (χ0v) is 22.0. The topological polar surface area (TPSA) is 109 Å². The zero-order valence-electron chi connectivity index (χ0n) is 22.0. The number of benzene rings is 2. The SMILES string of the molecule is COC(=O)C(CCOc1cc2c(c(OC)c1OC)C1=C(CCC1)C(=O)CC2)NC(=O)OCc1ccccc1. The molecule has 0 saturated carbocycles. The number of hydrogen-bond acceptors (Lipinski definition) is 8. The number of hydrogen-bond donors (Lipinski definition) is 1. The number of esters is 1. The number of allylic oxidation sites excluding steroid dienone is 2. The summed E-state index contributed by atoms with van der Waals surface area (Å²) >= 11 is 0. The van der Waals surface area contributed by atoms with Gasteiger partial charge in [0.05, 0.1) is 27.9 Å². The quantitative estimate of drug-likeness (QED) is 0.457. The predicted molar refractivity (Wildman–Crippen MR) is 139 cm³/mol. The molecular weight excluding hydrogens is 490 g/mol. The van der Waals surface area contributed by atoms with Crippen LogP contribution in [0.3, 0.4) is 0 Å². The maximum Gasteiger partial charge on any atom is 0.408 e. The molecular formula is C29H33NO8. The molecule has 1 N–H and O–H groups in total. The third kappa shape index (κ3) is 5.93. The van der Waals surface area contributed by atoms with Crippen LogP contribution in [-0.2, 0) is 32.1 Å². The van der Waals surface area contributed by atoms with E-state index < -0.39 is 18.1 Å². The van der Waals surface area contributed by atoms with Gasteiger partial charge in [0.25, 0.3) is 0 Å². The summed E-state index contributed by atoms with van der Waals surface area (Å²) in [4.78, 5) is 37.4. The second-order valence-electron chi connectivity index (χ2n) is 9.13. The van der Waals surface area contributed by atoms with Gasteiger partial charge in [-0.05, 0) is 54.0 Å². The molecule has 0 radical (unpaired) electrons. The van der Waals surface area contributed by atoms with E-state index in [2.05, 4.69) is 5.32 Å². The minimum absolute atomic E-state index is 0.0733. The van der Waals surface area contributed by atoms with E-state index in [1.54, 1.807) is 7.11 Å². The molecule has 4 rings (SSSR count). The first-order valence-electron chi connectivity index (χ1n) is 12.7. The van der Waals surface area contributed by atoms with Gasteiger partial charge in [-0.3, -0.25) is 4.79 Å². The van der Waals surface area contributed by atoms with Gasteiger partial charge in [-0.2, -0.15) is 0 Å². The summed E-state index contributed by atoms with van der Waals surface area (Å²) in [5, 5.41) is 2.55. The number of ketones is 1. The normalized spacial score (nSPS) is 15.1. The number of nitrogens with one attached hydrogen (secondary N) is 1. The number of carbonyl (C=O) groups excluding carboxylic acids is 3. The number of fused-ring (bicyclic) bond motifs is 2. The highest BCUT2D eigenvalue weighted by atomic mass is 16.6. The predicted octanol–water partition coefficient (Wildman–Crippen LogP) is 4.39. The third-order valence-corrected chi connectivity index (χ3v) is 6.82. The Morgan fingerprint density at radius 1 is 0.947 bits per heavy atom. The van der Waals surface area contributed by atoms with Crippen molar-refractivity contribution in [2.75, 3.05) is 27.9 Å². The Hall–Kier alpha value is -4.01. The van der Waals surface area contributed by atoms with Gasteiger partial charge in [-0.1, -0.05) is 30.3 Å². The van der Waals surface area contributed by atoms with Gasteiger partial charge in [-0.25, -0.2) is 9.59 Å². The second-order valence-corrected chi connectivity index (χ2v) is 9.13. The van der Waals surface area contributed by atoms with Gasteiger partial charge in [0.2, 0.25) is 5.75 Å². The Morgan fingerprint density at radius 3 is 2.39 bits per heavy atom. The summed E-state index contributed by atoms with van der Waals surface area (Å²) in [6, 6.07) is 10.1. The van der Waals surface area contributed by atoms with Crippen molar-refractivity contribution in [3.8, 4) is 17.2 Å². The number of aryl methyl sites for hydroxylation is 1. The maximum absolute atomic E-state index is 12.7. The summed E-state index contributed by atoms with van der Waals surface area (Å²) in [6.07, 6.45) is 2.93. The average molecular weight is 524 g/mol. The lowest BCUT2D eigenvalue weighted by atomic mass is 9.95. The van der Waals surface area contributed by atoms with Crippen LogP contribution in [0.1, 0.15) is 48.8 Å². The highest BCUT2D eigenvalue weighted by Crippen LogP contribution is 2.50. The summed E-state index contributed by atoms with van der Waals surface area (Å²) in [7, 11) is 4.35. The van der Waals surface area contributed by atoms with Crippen molar-refractivity contribution in [2.24, 2.45) is 0 Å². The molecule has 0 aliphatic heterocycles. The molecule has 2 aromatic rings. The van der Waals surface area contributed by atoms with E-state index in [9.17, 15) is 14.4 Å². The molecule has 9 nitrogen and oxygen atoms in total. The largest absolute Gasteiger partial charge is 0.492 e. The van der Waals surface area contributed by atoms with Gasteiger partial charge < -0.3 is 29.0 Å². The molecule has 0 spiro atoms. The van der Waals surface area contributed by atoms with Crippen molar-refractivity contribution in [1.82, 2.24) is 5.32 Å². The van der Waals surface area contributed by atoms with E-state index in [1.807, 2.05) is 36.4 Å². The van der Waals surface area contributed by atoms with Gasteiger partial charge in [0, 0.05) is 18.4 Å². The Morgan fingerprint density at radius 2 is 1.68 bits per heavy atom. The van der Waals surface area contributed by atoms with Crippen LogP contribution in [0.2, 0.25) is 0 Å². The molecule has 202 valence electrons. The first-order chi connectivity index (χ1) is 18.5. The van der Waals surface area contributed by atoms with Crippen LogP contribution in [0, 0.1) is 0 Å². The number of rotatable bonds is 10. The highest BCUT2D eigenvalue weighted by molar-refractivity contribution is 6.06. The molecule has 0 heterocycles. The van der Waals surface area contributed by atoms with Crippen LogP contribution in [0.5, 0.6) is 17.2 Å². The van der Waals surface area contributed by atoms with Crippen molar-refractivity contribution in [3.63, 3.8) is 0 Å². The van der Waals surface area contributed by atoms with Gasteiger partial charge in [0.15, 0.2) is 17.3 Å². The van der Waals surface area contributed by atoms with Crippen LogP contribution in [0.15, 0.2) is 42.0 Å². The highest BCUT2D eigenvalue weighted by Gasteiger charge is 2.32. The van der Waals surface area contributed by atoms with Crippen molar-refractivity contribution in [3.05, 3.63) is 58.7 Å². The van der Waals surface area contributed by atoms with E-state index in [0.717, 1.165) is 47.1 Å². The van der Waals surface area contributed by atoms with E-state index in [1.165, 1.54) is 14.2 Å². The fourth-order valence-electron chi connectivity index (χ4n) is 5.00. The van der Waals surface area contributed by atoms with Gasteiger partial charge >= 0.3 is 12.1 Å². The van der Waals surface area contributed by atoms with E-state index in [-0.39, 0.29) is 25.4 Å². The molecule has 0 aromatic heterocycles. The molecule has 9 heteroatoms. The molecule has 2 aliphatic carbocycles. The Bertz CT molecular complexity index is 1220. The van der Waals surface area contributed by atoms with Crippen molar-refractivity contribution in [2.45, 2.75) is 51.2 Å². The van der Waals surface area contributed by atoms with Crippen LogP contribution < -0.4 is 19.5 Å². The Balaban J connectivity index is 1.47. The summed E-state index contributed by atoms with van der Waals surface area (Å²) < 4.78 is 27.6. The summed E-state index contributed by atoms with van der Waals surface area (Å²) in [5.74, 6) is 0.965. The molecule has 2 aliphatic rings. The number of amides is 1. The molecule has 0 fully saturated rings. The number of methoxy groups -OCH3 is 3. The van der Waals surface area contributed by atoms with Gasteiger partial charge in [0.1, 0.15) is 12.6 Å². The third-order valence-electron chi connectivity index (χ3n) is 6.82. The summed E-state index contributed by atoms with van der Waals surface area (Å²) in [6.45, 7) is 0.147. The van der Waals surface area contributed by atoms with E-state index >= 15 is 0 Å². The van der Waals surface area contributed by atoms with Crippen molar-refractivity contribution >= 4 is 23.4 Å². The Labute approximate surface area is 222 Å². The minimum Gasteiger partial charge on any atom is -0.492 e. The second kappa shape index (κ2) is 12.5. The minimum atomic E-state index is -0.971. The number of alkyl carbamates (subject to hydrolysis) is 1. The molecule has 2 aromatic carbocycles. The smallest absolute Gasteiger partial charge is 0.408 e. The first-order valence-corrected chi connectivity index (χ1v) is 12.7. The monoisotopic (exact) mass is 523 g/mol. The van der Waals surface area contributed by atoms with Crippen LogP contribution in [0.4, 0.5) is 4.79 Å². The van der Waals surface area contributed by atoms with E-state index in [0.29, 0.717) is 30.1 Å². The van der Waals surface area contributed by atoms with Crippen LogP contribution in [-0.4, -0.2) is 51.8 Å². The lowest BCUT2D eigenvalue weighted by Gasteiger charge is -2.21.